The highest BCUT2D eigenvalue weighted by Crippen LogP contribution is 2.39. The molecule has 0 aliphatic carbocycles. The van der Waals surface area contributed by atoms with Crippen LogP contribution in [0.25, 0.3) is 0 Å². The van der Waals surface area contributed by atoms with Gasteiger partial charge in [-0.1, -0.05) is 0 Å². The second kappa shape index (κ2) is 5.31. The van der Waals surface area contributed by atoms with E-state index < -0.39 is 23.4 Å². The summed E-state index contributed by atoms with van der Waals surface area (Å²) in [6.07, 6.45) is -3.41. The first-order valence-electron chi connectivity index (χ1n) is 5.68. The Balaban J connectivity index is 2.40. The molecule has 0 bridgehead atoms. The summed E-state index contributed by atoms with van der Waals surface area (Å²) in [7, 11) is 0. The molecule has 0 saturated carbocycles. The number of pyridine rings is 1. The number of hydrogen-bond acceptors (Lipinski definition) is 4. The average molecular weight is 297 g/mol. The number of amides is 1. The lowest BCUT2D eigenvalue weighted by atomic mass is 10.1. The first-order chi connectivity index (χ1) is 9.77. The highest BCUT2D eigenvalue weighted by Gasteiger charge is 2.34. The summed E-state index contributed by atoms with van der Waals surface area (Å²) in [5.74, 6) is -1.24. The summed E-state index contributed by atoms with van der Waals surface area (Å²) in [6, 6.07) is 5.61. The van der Waals surface area contributed by atoms with Gasteiger partial charge >= 0.3 is 6.18 Å². The van der Waals surface area contributed by atoms with E-state index in [1.54, 1.807) is 0 Å². The number of ether oxygens (including phenoxy) is 1. The zero-order valence-corrected chi connectivity index (χ0v) is 10.5. The van der Waals surface area contributed by atoms with Gasteiger partial charge in [-0.2, -0.15) is 13.2 Å². The number of nitrogens with two attached hydrogens (primary N) is 2. The molecule has 0 atom stereocenters. The molecule has 0 spiro atoms. The second-order valence-electron chi connectivity index (χ2n) is 4.10. The lowest BCUT2D eigenvalue weighted by Gasteiger charge is -2.14. The molecule has 2 aromatic rings. The number of nitrogen functional groups attached to an aromatic ring is 1. The number of carbonyl (C=O) groups excluding carboxylic acids is 1. The molecular formula is C13H10F3N3O2. The summed E-state index contributed by atoms with van der Waals surface area (Å²) in [5, 5.41) is 0. The molecule has 5 nitrogen and oxygen atoms in total. The van der Waals surface area contributed by atoms with E-state index in [2.05, 4.69) is 4.98 Å². The van der Waals surface area contributed by atoms with Crippen LogP contribution in [-0.4, -0.2) is 10.9 Å². The molecule has 2 rings (SSSR count). The molecule has 0 radical (unpaired) electrons. The fourth-order valence-corrected chi connectivity index (χ4v) is 1.59. The quantitative estimate of drug-likeness (QED) is 0.852. The highest BCUT2D eigenvalue weighted by atomic mass is 19.4. The van der Waals surface area contributed by atoms with E-state index in [4.69, 9.17) is 16.2 Å². The van der Waals surface area contributed by atoms with Crippen molar-refractivity contribution in [3.63, 3.8) is 0 Å². The van der Waals surface area contributed by atoms with Crippen molar-refractivity contribution in [2.45, 2.75) is 6.18 Å². The molecule has 0 saturated heterocycles. The highest BCUT2D eigenvalue weighted by molar-refractivity contribution is 5.91. The number of nitrogens with zero attached hydrogens (tertiary/aromatic N) is 1. The summed E-state index contributed by atoms with van der Waals surface area (Å²) in [5.41, 5.74) is 9.23. The molecule has 110 valence electrons. The minimum atomic E-state index is -4.62. The van der Waals surface area contributed by atoms with Crippen LogP contribution in [0.4, 0.5) is 18.9 Å². The van der Waals surface area contributed by atoms with Crippen molar-refractivity contribution in [1.82, 2.24) is 4.98 Å². The van der Waals surface area contributed by atoms with E-state index >= 15 is 0 Å². The number of hydrogen-bond donors (Lipinski definition) is 2. The number of anilines is 1. The SMILES string of the molecule is NC(=O)c1cc(Oc2ccc(N)cc2C(F)(F)F)ccn1. The van der Waals surface area contributed by atoms with Crippen LogP contribution in [0, 0.1) is 0 Å². The summed E-state index contributed by atoms with van der Waals surface area (Å²) < 4.78 is 43.9. The van der Waals surface area contributed by atoms with Gasteiger partial charge in [-0.3, -0.25) is 9.78 Å². The number of benzene rings is 1. The lowest BCUT2D eigenvalue weighted by molar-refractivity contribution is -0.138. The van der Waals surface area contributed by atoms with Crippen molar-refractivity contribution in [1.29, 1.82) is 0 Å². The third kappa shape index (κ3) is 3.41. The third-order valence-corrected chi connectivity index (χ3v) is 2.52. The van der Waals surface area contributed by atoms with E-state index in [-0.39, 0.29) is 17.1 Å². The van der Waals surface area contributed by atoms with Crippen LogP contribution >= 0.6 is 0 Å². The van der Waals surface area contributed by atoms with Crippen LogP contribution in [0.15, 0.2) is 36.5 Å². The van der Waals surface area contributed by atoms with Crippen molar-refractivity contribution in [3.05, 3.63) is 47.8 Å². The van der Waals surface area contributed by atoms with Gasteiger partial charge in [0.15, 0.2) is 0 Å². The molecular weight excluding hydrogens is 287 g/mol. The van der Waals surface area contributed by atoms with Gasteiger partial charge in [0, 0.05) is 18.0 Å². The van der Waals surface area contributed by atoms with Gasteiger partial charge in [0.05, 0.1) is 0 Å². The van der Waals surface area contributed by atoms with Crippen LogP contribution in [0.2, 0.25) is 0 Å². The minimum Gasteiger partial charge on any atom is -0.457 e. The number of carbonyl (C=O) groups is 1. The van der Waals surface area contributed by atoms with Gasteiger partial charge in [-0.05, 0) is 24.3 Å². The maximum absolute atomic E-state index is 12.9. The van der Waals surface area contributed by atoms with Crippen molar-refractivity contribution in [2.75, 3.05) is 5.73 Å². The molecule has 8 heteroatoms. The number of primary amides is 1. The summed E-state index contributed by atoms with van der Waals surface area (Å²) >= 11 is 0. The number of aromatic nitrogens is 1. The van der Waals surface area contributed by atoms with Crippen LogP contribution in [0.3, 0.4) is 0 Å². The molecule has 0 unspecified atom stereocenters. The van der Waals surface area contributed by atoms with E-state index in [1.165, 1.54) is 18.3 Å². The van der Waals surface area contributed by atoms with E-state index in [0.717, 1.165) is 18.2 Å². The molecule has 1 aromatic carbocycles. The molecule has 0 aliphatic heterocycles. The van der Waals surface area contributed by atoms with Gasteiger partial charge in [-0.25, -0.2) is 0 Å². The predicted molar refractivity (Wildman–Crippen MR) is 68.7 cm³/mol. The molecule has 1 heterocycles. The van der Waals surface area contributed by atoms with Crippen molar-refractivity contribution in [2.24, 2.45) is 5.73 Å². The maximum Gasteiger partial charge on any atom is 0.420 e. The first-order valence-corrected chi connectivity index (χ1v) is 5.68. The molecule has 21 heavy (non-hydrogen) atoms. The largest absolute Gasteiger partial charge is 0.457 e. The molecule has 1 aromatic heterocycles. The zero-order chi connectivity index (χ0) is 15.6. The maximum atomic E-state index is 12.9. The van der Waals surface area contributed by atoms with Gasteiger partial charge in [0.2, 0.25) is 0 Å². The molecule has 0 aliphatic rings. The van der Waals surface area contributed by atoms with Crippen LogP contribution in [-0.2, 0) is 6.18 Å². The Hall–Kier alpha value is -2.77. The Labute approximate surface area is 117 Å². The molecule has 0 fully saturated rings. The van der Waals surface area contributed by atoms with Crippen LogP contribution < -0.4 is 16.2 Å². The lowest BCUT2D eigenvalue weighted by Crippen LogP contribution is -2.13. The topological polar surface area (TPSA) is 91.2 Å². The van der Waals surface area contributed by atoms with E-state index in [0.29, 0.717) is 0 Å². The van der Waals surface area contributed by atoms with Crippen LogP contribution in [0.1, 0.15) is 16.1 Å². The fraction of sp³-hybridized carbons (Fsp3) is 0.0769. The van der Waals surface area contributed by atoms with E-state index in [9.17, 15) is 18.0 Å². The summed E-state index contributed by atoms with van der Waals surface area (Å²) in [4.78, 5) is 14.7. The normalized spacial score (nSPS) is 11.2. The standard InChI is InChI=1S/C13H10F3N3O2/c14-13(15,16)9-5-7(17)1-2-11(9)21-8-3-4-19-10(6-8)12(18)20/h1-6H,17H2,(H2,18,20). The van der Waals surface area contributed by atoms with E-state index in [1.807, 2.05) is 0 Å². The summed E-state index contributed by atoms with van der Waals surface area (Å²) in [6.45, 7) is 0. The second-order valence-corrected chi connectivity index (χ2v) is 4.10. The third-order valence-electron chi connectivity index (χ3n) is 2.52. The molecule has 1 amide bonds. The Morgan fingerprint density at radius 1 is 1.19 bits per heavy atom. The number of alkyl halides is 3. The first kappa shape index (κ1) is 14.6. The smallest absolute Gasteiger partial charge is 0.420 e. The Morgan fingerprint density at radius 2 is 1.90 bits per heavy atom. The molecule has 4 N–H and O–H groups in total. The van der Waals surface area contributed by atoms with Gasteiger partial charge in [0.1, 0.15) is 22.8 Å². The predicted octanol–water partition coefficient (Wildman–Crippen LogP) is 2.57. The Morgan fingerprint density at radius 3 is 2.52 bits per heavy atom. The van der Waals surface area contributed by atoms with Crippen LogP contribution in [0.5, 0.6) is 11.5 Å². The number of rotatable bonds is 3. The van der Waals surface area contributed by atoms with Gasteiger partial charge < -0.3 is 16.2 Å². The monoisotopic (exact) mass is 297 g/mol. The Bertz CT molecular complexity index is 687. The van der Waals surface area contributed by atoms with Crippen molar-refractivity contribution < 1.29 is 22.7 Å². The number of halogens is 3. The zero-order valence-electron chi connectivity index (χ0n) is 10.5. The van der Waals surface area contributed by atoms with Gasteiger partial charge in [-0.15, -0.1) is 0 Å². The van der Waals surface area contributed by atoms with Crippen molar-refractivity contribution in [3.8, 4) is 11.5 Å². The Kier molecular flexibility index (Phi) is 3.70. The van der Waals surface area contributed by atoms with Gasteiger partial charge in [0.25, 0.3) is 5.91 Å². The average Bonchev–Trinajstić information content (AvgIpc) is 2.40. The fourth-order valence-electron chi connectivity index (χ4n) is 1.59. The van der Waals surface area contributed by atoms with Crippen molar-refractivity contribution >= 4 is 11.6 Å². The minimum absolute atomic E-state index is 0.00840.